The Morgan fingerprint density at radius 1 is 1.21 bits per heavy atom. The fraction of sp³-hybridized carbons (Fsp3) is 0.357. The number of thiocarbonyl (C=S) groups is 1. The molecule has 1 heterocycles. The molecule has 1 saturated heterocycles. The number of nitrogens with zero attached hydrogens (tertiary/aromatic N) is 1. The zero-order valence-electron chi connectivity index (χ0n) is 10.6. The maximum absolute atomic E-state index is 11.9. The van der Waals surface area contributed by atoms with Crippen LogP contribution in [0.1, 0.15) is 36.8 Å². The van der Waals surface area contributed by atoms with E-state index >= 15 is 0 Å². The molecule has 0 aliphatic carbocycles. The number of amides is 2. The number of carbonyl (C=O) groups excluding carboxylic acids is 2. The molecule has 0 aromatic heterocycles. The first-order valence-corrected chi connectivity index (χ1v) is 6.70. The number of nitrogens with two attached hydrogens (primary N) is 1. The standard InChI is InChI=1S/C14H16N2O2S/c15-14(19)11-5-3-4-10(8-11)9-16-12(17)6-1-2-7-13(16)18/h3-5,8H,1-2,6-7,9H2,(H2,15,19). The van der Waals surface area contributed by atoms with Crippen molar-refractivity contribution in [1.82, 2.24) is 4.90 Å². The molecule has 1 aromatic rings. The SMILES string of the molecule is NC(=S)c1cccc(CN2C(=O)CCCCC2=O)c1. The van der Waals surface area contributed by atoms with Gasteiger partial charge < -0.3 is 5.73 Å². The Balaban J connectivity index is 2.19. The number of rotatable bonds is 3. The van der Waals surface area contributed by atoms with Gasteiger partial charge in [-0.15, -0.1) is 0 Å². The average molecular weight is 276 g/mol. The summed E-state index contributed by atoms with van der Waals surface area (Å²) in [6.07, 6.45) is 2.46. The monoisotopic (exact) mass is 276 g/mol. The molecule has 5 heteroatoms. The van der Waals surface area contributed by atoms with Gasteiger partial charge in [0.15, 0.2) is 0 Å². The molecule has 2 N–H and O–H groups in total. The van der Waals surface area contributed by atoms with Gasteiger partial charge in [0.25, 0.3) is 0 Å². The Kier molecular flexibility index (Phi) is 4.27. The van der Waals surface area contributed by atoms with Gasteiger partial charge in [0.05, 0.1) is 6.54 Å². The highest BCUT2D eigenvalue weighted by Crippen LogP contribution is 2.16. The van der Waals surface area contributed by atoms with Crippen molar-refractivity contribution in [3.63, 3.8) is 0 Å². The molecule has 19 heavy (non-hydrogen) atoms. The molecule has 2 amide bonds. The average Bonchev–Trinajstić information content (AvgIpc) is 2.54. The largest absolute Gasteiger partial charge is 0.389 e. The minimum absolute atomic E-state index is 0.0942. The van der Waals surface area contributed by atoms with Crippen LogP contribution in [0.4, 0.5) is 0 Å². The van der Waals surface area contributed by atoms with Gasteiger partial charge in [0, 0.05) is 18.4 Å². The molecule has 0 atom stereocenters. The highest BCUT2D eigenvalue weighted by Gasteiger charge is 2.23. The Hall–Kier alpha value is -1.75. The third-order valence-electron chi connectivity index (χ3n) is 3.19. The summed E-state index contributed by atoms with van der Waals surface area (Å²) in [4.78, 5) is 25.5. The number of hydrogen-bond donors (Lipinski definition) is 1. The van der Waals surface area contributed by atoms with Crippen molar-refractivity contribution in [1.29, 1.82) is 0 Å². The maximum Gasteiger partial charge on any atom is 0.229 e. The van der Waals surface area contributed by atoms with E-state index in [-0.39, 0.29) is 11.8 Å². The van der Waals surface area contributed by atoms with Gasteiger partial charge in [0.2, 0.25) is 11.8 Å². The number of benzene rings is 1. The van der Waals surface area contributed by atoms with E-state index < -0.39 is 0 Å². The van der Waals surface area contributed by atoms with Crippen LogP contribution < -0.4 is 5.73 Å². The minimum Gasteiger partial charge on any atom is -0.389 e. The lowest BCUT2D eigenvalue weighted by Crippen LogP contribution is -2.34. The fourth-order valence-corrected chi connectivity index (χ4v) is 2.27. The molecule has 1 aliphatic rings. The van der Waals surface area contributed by atoms with Crippen molar-refractivity contribution in [3.8, 4) is 0 Å². The van der Waals surface area contributed by atoms with Gasteiger partial charge in [-0.2, -0.15) is 0 Å². The van der Waals surface area contributed by atoms with Crippen LogP contribution in [0.3, 0.4) is 0 Å². The molecule has 1 fully saturated rings. The highest BCUT2D eigenvalue weighted by atomic mass is 32.1. The van der Waals surface area contributed by atoms with Crippen molar-refractivity contribution in [2.24, 2.45) is 5.73 Å². The van der Waals surface area contributed by atoms with E-state index in [0.29, 0.717) is 24.4 Å². The highest BCUT2D eigenvalue weighted by molar-refractivity contribution is 7.80. The molecule has 0 saturated carbocycles. The van der Waals surface area contributed by atoms with Crippen LogP contribution >= 0.6 is 12.2 Å². The third-order valence-corrected chi connectivity index (χ3v) is 3.42. The third kappa shape index (κ3) is 3.38. The molecule has 100 valence electrons. The van der Waals surface area contributed by atoms with Gasteiger partial charge >= 0.3 is 0 Å². The first-order chi connectivity index (χ1) is 9.08. The van der Waals surface area contributed by atoms with Crippen molar-refractivity contribution in [2.45, 2.75) is 32.2 Å². The van der Waals surface area contributed by atoms with Gasteiger partial charge in [-0.25, -0.2) is 0 Å². The second-order valence-electron chi connectivity index (χ2n) is 4.65. The molecule has 1 aromatic carbocycles. The van der Waals surface area contributed by atoms with Crippen molar-refractivity contribution in [3.05, 3.63) is 35.4 Å². The van der Waals surface area contributed by atoms with Crippen LogP contribution in [0.5, 0.6) is 0 Å². The molecule has 0 unspecified atom stereocenters. The predicted octanol–water partition coefficient (Wildman–Crippen LogP) is 1.75. The predicted molar refractivity (Wildman–Crippen MR) is 76.4 cm³/mol. The van der Waals surface area contributed by atoms with Crippen LogP contribution in [0.25, 0.3) is 0 Å². The summed E-state index contributed by atoms with van der Waals surface area (Å²) < 4.78 is 0. The van der Waals surface area contributed by atoms with Crippen molar-refractivity contribution >= 4 is 29.0 Å². The smallest absolute Gasteiger partial charge is 0.229 e. The topological polar surface area (TPSA) is 63.4 Å². The Bertz CT molecular complexity index is 510. The Labute approximate surface area is 117 Å². The minimum atomic E-state index is -0.0942. The summed E-state index contributed by atoms with van der Waals surface area (Å²) in [6, 6.07) is 7.34. The van der Waals surface area contributed by atoms with Crippen molar-refractivity contribution < 1.29 is 9.59 Å². The lowest BCUT2D eigenvalue weighted by molar-refractivity contribution is -0.144. The number of carbonyl (C=O) groups is 2. The van der Waals surface area contributed by atoms with E-state index in [0.717, 1.165) is 24.0 Å². The zero-order valence-corrected chi connectivity index (χ0v) is 11.4. The Morgan fingerprint density at radius 3 is 2.42 bits per heavy atom. The molecule has 0 bridgehead atoms. The summed E-state index contributed by atoms with van der Waals surface area (Å²) in [5.74, 6) is -0.188. The molecular weight excluding hydrogens is 260 g/mol. The van der Waals surface area contributed by atoms with Crippen molar-refractivity contribution in [2.75, 3.05) is 0 Å². The Morgan fingerprint density at radius 2 is 1.84 bits per heavy atom. The number of hydrogen-bond acceptors (Lipinski definition) is 3. The fourth-order valence-electron chi connectivity index (χ4n) is 2.14. The normalized spacial score (nSPS) is 16.3. The van der Waals surface area contributed by atoms with Gasteiger partial charge in [-0.3, -0.25) is 14.5 Å². The van der Waals surface area contributed by atoms with Gasteiger partial charge in [0.1, 0.15) is 4.99 Å². The summed E-state index contributed by atoms with van der Waals surface area (Å²) >= 11 is 4.92. The van der Waals surface area contributed by atoms with Crippen LogP contribution in [0.2, 0.25) is 0 Å². The second kappa shape index (κ2) is 5.93. The van der Waals surface area contributed by atoms with E-state index in [1.54, 1.807) is 0 Å². The van der Waals surface area contributed by atoms with E-state index in [1.165, 1.54) is 4.90 Å². The molecule has 1 aliphatic heterocycles. The van der Waals surface area contributed by atoms with E-state index in [1.807, 2.05) is 24.3 Å². The lowest BCUT2D eigenvalue weighted by atomic mass is 10.1. The molecule has 0 radical (unpaired) electrons. The molecule has 2 rings (SSSR count). The van der Waals surface area contributed by atoms with E-state index in [9.17, 15) is 9.59 Å². The number of imide groups is 1. The molecular formula is C14H16N2O2S. The van der Waals surface area contributed by atoms with Gasteiger partial charge in [-0.1, -0.05) is 30.4 Å². The van der Waals surface area contributed by atoms with Crippen LogP contribution in [0, 0.1) is 0 Å². The van der Waals surface area contributed by atoms with Crippen LogP contribution in [0.15, 0.2) is 24.3 Å². The quantitative estimate of drug-likeness (QED) is 0.675. The van der Waals surface area contributed by atoms with E-state index in [2.05, 4.69) is 0 Å². The second-order valence-corrected chi connectivity index (χ2v) is 5.09. The van der Waals surface area contributed by atoms with Crippen LogP contribution in [-0.4, -0.2) is 21.7 Å². The summed E-state index contributed by atoms with van der Waals surface area (Å²) in [7, 11) is 0. The summed E-state index contributed by atoms with van der Waals surface area (Å²) in [5, 5.41) is 0. The summed E-state index contributed by atoms with van der Waals surface area (Å²) in [5.41, 5.74) is 7.20. The van der Waals surface area contributed by atoms with Gasteiger partial charge in [-0.05, 0) is 24.5 Å². The zero-order chi connectivity index (χ0) is 13.8. The molecule has 0 spiro atoms. The summed E-state index contributed by atoms with van der Waals surface area (Å²) in [6.45, 7) is 0.300. The van der Waals surface area contributed by atoms with Crippen LogP contribution in [-0.2, 0) is 16.1 Å². The van der Waals surface area contributed by atoms with E-state index in [4.69, 9.17) is 18.0 Å². The molecule has 4 nitrogen and oxygen atoms in total. The first-order valence-electron chi connectivity index (χ1n) is 6.30. The lowest BCUT2D eigenvalue weighted by Gasteiger charge is -2.19. The maximum atomic E-state index is 11.9. The number of likely N-dealkylation sites (tertiary alicyclic amines) is 1. The first kappa shape index (κ1) is 13.7.